The molecule has 0 radical (unpaired) electrons. The molecule has 1 aromatic rings. The Morgan fingerprint density at radius 2 is 2.06 bits per heavy atom. The van der Waals surface area contributed by atoms with Gasteiger partial charge >= 0.3 is 0 Å². The van der Waals surface area contributed by atoms with Crippen LogP contribution in [0.3, 0.4) is 0 Å². The van der Waals surface area contributed by atoms with E-state index in [1.165, 1.54) is 25.7 Å². The van der Waals surface area contributed by atoms with Crippen LogP contribution in [0.25, 0.3) is 0 Å². The van der Waals surface area contributed by atoms with Crippen LogP contribution in [0.4, 0.5) is 5.95 Å². The molecule has 0 aromatic carbocycles. The second-order valence-corrected chi connectivity index (χ2v) is 4.44. The maximum Gasteiger partial charge on any atom is 0.225 e. The molecule has 0 saturated carbocycles. The predicted molar refractivity (Wildman–Crippen MR) is 63.2 cm³/mol. The highest BCUT2D eigenvalue weighted by Crippen LogP contribution is 2.20. The van der Waals surface area contributed by atoms with Gasteiger partial charge < -0.3 is 10.0 Å². The van der Waals surface area contributed by atoms with Crippen LogP contribution in [-0.2, 0) is 6.61 Å². The third-order valence-corrected chi connectivity index (χ3v) is 3.18. The molecule has 2 rings (SSSR count). The summed E-state index contributed by atoms with van der Waals surface area (Å²) in [4.78, 5) is 10.9. The molecule has 88 valence electrons. The van der Waals surface area contributed by atoms with Crippen LogP contribution in [0.2, 0.25) is 0 Å². The number of hydrogen-bond acceptors (Lipinski definition) is 4. The van der Waals surface area contributed by atoms with Gasteiger partial charge in [-0.05, 0) is 19.8 Å². The van der Waals surface area contributed by atoms with Gasteiger partial charge in [-0.2, -0.15) is 0 Å². The molecular weight excluding hydrogens is 202 g/mol. The zero-order valence-corrected chi connectivity index (χ0v) is 9.76. The van der Waals surface area contributed by atoms with Crippen LogP contribution in [0.15, 0.2) is 12.4 Å². The lowest BCUT2D eigenvalue weighted by Gasteiger charge is -2.26. The molecule has 1 aliphatic heterocycles. The SMILES string of the molecule is CC1CCCCCN1c1ncc(CO)cn1. The van der Waals surface area contributed by atoms with Gasteiger partial charge in [0.15, 0.2) is 0 Å². The topological polar surface area (TPSA) is 49.2 Å². The van der Waals surface area contributed by atoms with Crippen molar-refractivity contribution in [2.75, 3.05) is 11.4 Å². The summed E-state index contributed by atoms with van der Waals surface area (Å²) in [7, 11) is 0. The fourth-order valence-corrected chi connectivity index (χ4v) is 2.15. The maximum absolute atomic E-state index is 8.94. The monoisotopic (exact) mass is 221 g/mol. The Morgan fingerprint density at radius 3 is 2.75 bits per heavy atom. The summed E-state index contributed by atoms with van der Waals surface area (Å²) in [6, 6.07) is 0.516. The van der Waals surface area contributed by atoms with E-state index in [1.54, 1.807) is 12.4 Å². The Bertz CT molecular complexity index is 326. The van der Waals surface area contributed by atoms with E-state index in [0.717, 1.165) is 18.1 Å². The van der Waals surface area contributed by atoms with E-state index >= 15 is 0 Å². The molecule has 0 bridgehead atoms. The lowest BCUT2D eigenvalue weighted by atomic mass is 10.1. The van der Waals surface area contributed by atoms with Gasteiger partial charge in [-0.3, -0.25) is 0 Å². The van der Waals surface area contributed by atoms with Gasteiger partial charge in [-0.15, -0.1) is 0 Å². The summed E-state index contributed by atoms with van der Waals surface area (Å²) < 4.78 is 0. The molecular formula is C12H19N3O. The fraction of sp³-hybridized carbons (Fsp3) is 0.667. The van der Waals surface area contributed by atoms with Crippen LogP contribution in [0.5, 0.6) is 0 Å². The van der Waals surface area contributed by atoms with Gasteiger partial charge in [0.05, 0.1) is 6.61 Å². The highest BCUT2D eigenvalue weighted by atomic mass is 16.3. The van der Waals surface area contributed by atoms with Gasteiger partial charge in [0.25, 0.3) is 0 Å². The molecule has 2 heterocycles. The zero-order chi connectivity index (χ0) is 11.4. The van der Waals surface area contributed by atoms with Crippen molar-refractivity contribution in [2.45, 2.75) is 45.3 Å². The molecule has 1 N–H and O–H groups in total. The number of hydrogen-bond donors (Lipinski definition) is 1. The van der Waals surface area contributed by atoms with Gasteiger partial charge in [0.2, 0.25) is 5.95 Å². The summed E-state index contributed by atoms with van der Waals surface area (Å²) in [6.45, 7) is 3.28. The van der Waals surface area contributed by atoms with Crippen LogP contribution < -0.4 is 4.90 Å². The third-order valence-electron chi connectivity index (χ3n) is 3.18. The Hall–Kier alpha value is -1.16. The smallest absolute Gasteiger partial charge is 0.225 e. The van der Waals surface area contributed by atoms with E-state index in [0.29, 0.717) is 6.04 Å². The van der Waals surface area contributed by atoms with Crippen LogP contribution in [0.1, 0.15) is 38.2 Å². The number of aliphatic hydroxyl groups excluding tert-OH is 1. The molecule has 1 aliphatic rings. The lowest BCUT2D eigenvalue weighted by Crippen LogP contribution is -2.33. The first kappa shape index (κ1) is 11.3. The Balaban J connectivity index is 2.14. The molecule has 1 unspecified atom stereocenters. The summed E-state index contributed by atoms with van der Waals surface area (Å²) in [5, 5.41) is 8.94. The second-order valence-electron chi connectivity index (χ2n) is 4.44. The van der Waals surface area contributed by atoms with Crippen molar-refractivity contribution in [2.24, 2.45) is 0 Å². The first-order valence-electron chi connectivity index (χ1n) is 5.99. The molecule has 0 amide bonds. The van der Waals surface area contributed by atoms with Crippen molar-refractivity contribution >= 4 is 5.95 Å². The normalized spacial score (nSPS) is 21.9. The van der Waals surface area contributed by atoms with Gasteiger partial charge in [-0.25, -0.2) is 9.97 Å². The van der Waals surface area contributed by atoms with E-state index in [4.69, 9.17) is 5.11 Å². The first-order chi connectivity index (χ1) is 7.81. The number of aliphatic hydroxyl groups is 1. The van der Waals surface area contributed by atoms with Gasteiger partial charge in [-0.1, -0.05) is 12.8 Å². The van der Waals surface area contributed by atoms with E-state index < -0.39 is 0 Å². The number of nitrogens with zero attached hydrogens (tertiary/aromatic N) is 3. The molecule has 16 heavy (non-hydrogen) atoms. The maximum atomic E-state index is 8.94. The Kier molecular flexibility index (Phi) is 3.72. The second kappa shape index (κ2) is 5.25. The zero-order valence-electron chi connectivity index (χ0n) is 9.76. The summed E-state index contributed by atoms with van der Waals surface area (Å²) in [5.74, 6) is 0.798. The molecule has 1 atom stereocenters. The van der Waals surface area contributed by atoms with Crippen molar-refractivity contribution in [1.29, 1.82) is 0 Å². The highest BCUT2D eigenvalue weighted by Gasteiger charge is 2.18. The Labute approximate surface area is 96.3 Å². The van der Waals surface area contributed by atoms with E-state index in [1.807, 2.05) is 0 Å². The predicted octanol–water partition coefficient (Wildman–Crippen LogP) is 1.74. The minimum atomic E-state index is 0.00976. The largest absolute Gasteiger partial charge is 0.392 e. The van der Waals surface area contributed by atoms with Crippen molar-refractivity contribution in [3.63, 3.8) is 0 Å². The summed E-state index contributed by atoms with van der Waals surface area (Å²) in [6.07, 6.45) is 8.45. The molecule has 0 spiro atoms. The molecule has 4 heteroatoms. The third kappa shape index (κ3) is 2.50. The van der Waals surface area contributed by atoms with Crippen molar-refractivity contribution in [1.82, 2.24) is 9.97 Å². The first-order valence-corrected chi connectivity index (χ1v) is 5.99. The highest BCUT2D eigenvalue weighted by molar-refractivity contribution is 5.31. The van der Waals surface area contributed by atoms with Crippen molar-refractivity contribution in [3.05, 3.63) is 18.0 Å². The minimum absolute atomic E-state index is 0.00976. The van der Waals surface area contributed by atoms with Crippen LogP contribution >= 0.6 is 0 Å². The quantitative estimate of drug-likeness (QED) is 0.826. The van der Waals surface area contributed by atoms with Gasteiger partial charge in [0, 0.05) is 30.5 Å². The summed E-state index contributed by atoms with van der Waals surface area (Å²) in [5.41, 5.74) is 0.770. The summed E-state index contributed by atoms with van der Waals surface area (Å²) >= 11 is 0. The minimum Gasteiger partial charge on any atom is -0.392 e. The number of anilines is 1. The number of rotatable bonds is 2. The van der Waals surface area contributed by atoms with Crippen molar-refractivity contribution < 1.29 is 5.11 Å². The average molecular weight is 221 g/mol. The Morgan fingerprint density at radius 1 is 1.31 bits per heavy atom. The molecule has 1 aromatic heterocycles. The molecule has 0 aliphatic carbocycles. The van der Waals surface area contributed by atoms with E-state index in [2.05, 4.69) is 21.8 Å². The standard InChI is InChI=1S/C12H19N3O/c1-10-5-3-2-4-6-15(10)12-13-7-11(9-16)8-14-12/h7-8,10,16H,2-6,9H2,1H3. The van der Waals surface area contributed by atoms with Crippen LogP contribution in [-0.4, -0.2) is 27.7 Å². The van der Waals surface area contributed by atoms with Crippen LogP contribution in [0, 0.1) is 0 Å². The molecule has 1 saturated heterocycles. The molecule has 4 nitrogen and oxygen atoms in total. The van der Waals surface area contributed by atoms with E-state index in [-0.39, 0.29) is 6.61 Å². The van der Waals surface area contributed by atoms with Gasteiger partial charge in [0.1, 0.15) is 0 Å². The molecule has 1 fully saturated rings. The average Bonchev–Trinajstić information content (AvgIpc) is 2.54. The number of aromatic nitrogens is 2. The van der Waals surface area contributed by atoms with E-state index in [9.17, 15) is 0 Å². The fourth-order valence-electron chi connectivity index (χ4n) is 2.15. The van der Waals surface area contributed by atoms with Crippen molar-refractivity contribution in [3.8, 4) is 0 Å². The lowest BCUT2D eigenvalue weighted by molar-refractivity contribution is 0.281.